The van der Waals surface area contributed by atoms with Crippen molar-refractivity contribution in [3.8, 4) is 0 Å². The number of carbonyl (C=O) groups is 2. The van der Waals surface area contributed by atoms with E-state index in [4.69, 9.17) is 23.6 Å². The third-order valence-electron chi connectivity index (χ3n) is 9.74. The summed E-state index contributed by atoms with van der Waals surface area (Å²) < 4.78 is 32.7. The van der Waals surface area contributed by atoms with Crippen LogP contribution in [0.15, 0.2) is 48.6 Å². The van der Waals surface area contributed by atoms with Crippen molar-refractivity contribution in [2.45, 2.75) is 212 Å². The van der Waals surface area contributed by atoms with E-state index in [1.165, 1.54) is 103 Å². The standard InChI is InChI=1S/C47H85O10P/c1-3-5-7-9-11-13-15-17-19-21-22-23-25-26-28-30-32-34-36-38-46(50)54-42-45(43-56-58(52,53)55-41-44(49)40-48)57-47(51)39-37-35-33-31-29-27-24-20-18-16-14-12-10-8-6-4-2/h11,13,17,19,22-23,26,28,44-45,48-49H,3-10,12,14-16,18,20-21,24-25,27,29-43H2,1-2H3,(H,52,53)/b13-11-,19-17-,23-22-,28-26-/t44-,45+/m0/s1. The molecule has 3 N–H and O–H groups in total. The molecule has 0 radical (unpaired) electrons. The van der Waals surface area contributed by atoms with Crippen molar-refractivity contribution >= 4 is 19.8 Å². The average molecular weight is 841 g/mol. The van der Waals surface area contributed by atoms with Gasteiger partial charge in [0.1, 0.15) is 12.7 Å². The van der Waals surface area contributed by atoms with Gasteiger partial charge in [0.25, 0.3) is 0 Å². The van der Waals surface area contributed by atoms with Crippen LogP contribution < -0.4 is 0 Å². The van der Waals surface area contributed by atoms with Crippen molar-refractivity contribution in [1.29, 1.82) is 0 Å². The minimum Gasteiger partial charge on any atom is -0.462 e. The van der Waals surface area contributed by atoms with Crippen LogP contribution in [-0.2, 0) is 32.7 Å². The van der Waals surface area contributed by atoms with Crippen molar-refractivity contribution in [2.75, 3.05) is 26.4 Å². The first-order chi connectivity index (χ1) is 28.2. The largest absolute Gasteiger partial charge is 0.472 e. The highest BCUT2D eigenvalue weighted by atomic mass is 31.2. The molecule has 0 fully saturated rings. The Hall–Kier alpha value is -2.07. The molecule has 0 aliphatic rings. The van der Waals surface area contributed by atoms with Crippen LogP contribution in [0.1, 0.15) is 200 Å². The smallest absolute Gasteiger partial charge is 0.462 e. The van der Waals surface area contributed by atoms with Crippen molar-refractivity contribution < 1.29 is 47.8 Å². The molecular weight excluding hydrogens is 755 g/mol. The minimum atomic E-state index is -4.63. The normalized spacial score (nSPS) is 14.2. The van der Waals surface area contributed by atoms with E-state index in [-0.39, 0.29) is 19.4 Å². The van der Waals surface area contributed by atoms with Gasteiger partial charge in [-0.25, -0.2) is 4.57 Å². The van der Waals surface area contributed by atoms with Crippen molar-refractivity contribution in [2.24, 2.45) is 0 Å². The van der Waals surface area contributed by atoms with Crippen LogP contribution in [0.25, 0.3) is 0 Å². The number of rotatable bonds is 43. The molecule has 10 nitrogen and oxygen atoms in total. The molecule has 0 saturated heterocycles. The summed E-state index contributed by atoms with van der Waals surface area (Å²) in [5.41, 5.74) is 0. The van der Waals surface area contributed by atoms with Gasteiger partial charge >= 0.3 is 19.8 Å². The van der Waals surface area contributed by atoms with Gasteiger partial charge in [-0.2, -0.15) is 0 Å². The molecule has 0 heterocycles. The summed E-state index contributed by atoms with van der Waals surface area (Å²) >= 11 is 0. The van der Waals surface area contributed by atoms with Gasteiger partial charge in [-0.15, -0.1) is 0 Å². The summed E-state index contributed by atoms with van der Waals surface area (Å²) in [6.07, 6.45) is 46.4. The monoisotopic (exact) mass is 841 g/mol. The third kappa shape index (κ3) is 42.1. The Labute approximate surface area is 353 Å². The molecule has 0 bridgehead atoms. The first-order valence-electron chi connectivity index (χ1n) is 23.1. The summed E-state index contributed by atoms with van der Waals surface area (Å²) in [7, 11) is -4.63. The van der Waals surface area contributed by atoms with E-state index >= 15 is 0 Å². The fraction of sp³-hybridized carbons (Fsp3) is 0.787. The zero-order valence-corrected chi connectivity index (χ0v) is 37.6. The maximum Gasteiger partial charge on any atom is 0.472 e. The SMILES string of the molecule is CCCCC/C=C\C/C=C\C/C=C\C/C=C\CCCCCC(=O)OC[C@H](COP(=O)(O)OC[C@@H](O)CO)OC(=O)CCCCCCCCCCCCCCCCCC. The van der Waals surface area contributed by atoms with Crippen LogP contribution in [0.3, 0.4) is 0 Å². The molecule has 58 heavy (non-hydrogen) atoms. The number of aliphatic hydroxyl groups is 2. The molecule has 0 aliphatic carbocycles. The number of ether oxygens (including phenoxy) is 2. The molecule has 0 aromatic rings. The van der Waals surface area contributed by atoms with Crippen LogP contribution in [-0.4, -0.2) is 65.7 Å². The average Bonchev–Trinajstić information content (AvgIpc) is 3.21. The Balaban J connectivity index is 4.31. The Bertz CT molecular complexity index is 1110. The van der Waals surface area contributed by atoms with E-state index < -0.39 is 51.8 Å². The Kier molecular flexibility index (Phi) is 41.5. The van der Waals surface area contributed by atoms with Gasteiger partial charge in [-0.1, -0.05) is 178 Å². The molecule has 0 aliphatic heterocycles. The third-order valence-corrected chi connectivity index (χ3v) is 10.7. The predicted octanol–water partition coefficient (Wildman–Crippen LogP) is 12.5. The fourth-order valence-electron chi connectivity index (χ4n) is 6.15. The van der Waals surface area contributed by atoms with Crippen molar-refractivity contribution in [3.05, 3.63) is 48.6 Å². The fourth-order valence-corrected chi connectivity index (χ4v) is 6.94. The molecule has 11 heteroatoms. The predicted molar refractivity (Wildman–Crippen MR) is 237 cm³/mol. The topological polar surface area (TPSA) is 149 Å². The first-order valence-corrected chi connectivity index (χ1v) is 24.6. The molecule has 0 amide bonds. The number of allylic oxidation sites excluding steroid dienone is 8. The van der Waals surface area contributed by atoms with Gasteiger partial charge in [-0.3, -0.25) is 18.6 Å². The van der Waals surface area contributed by atoms with E-state index in [1.807, 2.05) is 0 Å². The molecule has 1 unspecified atom stereocenters. The minimum absolute atomic E-state index is 0.179. The lowest BCUT2D eigenvalue weighted by Crippen LogP contribution is -2.29. The molecule has 0 rings (SSSR count). The highest BCUT2D eigenvalue weighted by Gasteiger charge is 2.27. The second-order valence-corrected chi connectivity index (χ2v) is 16.9. The quantitative estimate of drug-likeness (QED) is 0.0234. The molecular formula is C47H85O10P. The van der Waals surface area contributed by atoms with Gasteiger partial charge in [0.05, 0.1) is 19.8 Å². The number of unbranched alkanes of at least 4 members (excludes halogenated alkanes) is 21. The lowest BCUT2D eigenvalue weighted by molar-refractivity contribution is -0.161. The first kappa shape index (κ1) is 55.9. The number of phosphoric acid groups is 1. The number of esters is 2. The van der Waals surface area contributed by atoms with E-state index in [9.17, 15) is 24.2 Å². The van der Waals surface area contributed by atoms with Crippen LogP contribution >= 0.6 is 7.82 Å². The number of hydrogen-bond donors (Lipinski definition) is 3. The van der Waals surface area contributed by atoms with Gasteiger partial charge in [-0.05, 0) is 57.8 Å². The maximum absolute atomic E-state index is 12.6. The van der Waals surface area contributed by atoms with Crippen LogP contribution in [0.2, 0.25) is 0 Å². The van der Waals surface area contributed by atoms with Crippen molar-refractivity contribution in [1.82, 2.24) is 0 Å². The molecule has 338 valence electrons. The summed E-state index contributed by atoms with van der Waals surface area (Å²) in [6, 6.07) is 0. The molecule has 0 spiro atoms. The van der Waals surface area contributed by atoms with Crippen molar-refractivity contribution in [3.63, 3.8) is 0 Å². The number of hydrogen-bond acceptors (Lipinski definition) is 9. The van der Waals surface area contributed by atoms with Gasteiger partial charge < -0.3 is 24.6 Å². The summed E-state index contributed by atoms with van der Waals surface area (Å²) in [4.78, 5) is 35.0. The lowest BCUT2D eigenvalue weighted by Gasteiger charge is -2.20. The highest BCUT2D eigenvalue weighted by molar-refractivity contribution is 7.47. The summed E-state index contributed by atoms with van der Waals surface area (Å²) in [5, 5.41) is 18.4. The van der Waals surface area contributed by atoms with Gasteiger partial charge in [0, 0.05) is 12.8 Å². The van der Waals surface area contributed by atoms with Gasteiger partial charge in [0.2, 0.25) is 0 Å². The maximum atomic E-state index is 12.6. The molecule has 3 atom stereocenters. The number of phosphoric ester groups is 1. The molecule has 0 saturated carbocycles. The van der Waals surface area contributed by atoms with E-state index in [2.05, 4.69) is 62.5 Å². The Morgan fingerprint density at radius 3 is 1.38 bits per heavy atom. The summed E-state index contributed by atoms with van der Waals surface area (Å²) in [6.45, 7) is 2.33. The van der Waals surface area contributed by atoms with E-state index in [0.717, 1.165) is 57.8 Å². The van der Waals surface area contributed by atoms with Gasteiger partial charge in [0.15, 0.2) is 6.10 Å². The lowest BCUT2D eigenvalue weighted by atomic mass is 10.0. The second-order valence-electron chi connectivity index (χ2n) is 15.4. The van der Waals surface area contributed by atoms with E-state index in [1.54, 1.807) is 0 Å². The second kappa shape index (κ2) is 43.0. The zero-order valence-electron chi connectivity index (χ0n) is 36.8. The Morgan fingerprint density at radius 2 is 0.897 bits per heavy atom. The molecule has 0 aromatic carbocycles. The Morgan fingerprint density at radius 1 is 0.517 bits per heavy atom. The summed E-state index contributed by atoms with van der Waals surface area (Å²) in [5.74, 6) is -0.956. The number of aliphatic hydroxyl groups excluding tert-OH is 2. The zero-order chi connectivity index (χ0) is 42.6. The van der Waals surface area contributed by atoms with E-state index in [0.29, 0.717) is 12.8 Å². The molecule has 0 aromatic heterocycles. The van der Waals surface area contributed by atoms with Crippen LogP contribution in [0, 0.1) is 0 Å². The number of carbonyl (C=O) groups excluding carboxylic acids is 2. The van der Waals surface area contributed by atoms with Crippen LogP contribution in [0.5, 0.6) is 0 Å². The van der Waals surface area contributed by atoms with Crippen LogP contribution in [0.4, 0.5) is 0 Å². The highest BCUT2D eigenvalue weighted by Crippen LogP contribution is 2.43.